The van der Waals surface area contributed by atoms with Crippen molar-refractivity contribution < 1.29 is 14.3 Å². The van der Waals surface area contributed by atoms with Gasteiger partial charge in [0.1, 0.15) is 11.3 Å². The van der Waals surface area contributed by atoms with Crippen molar-refractivity contribution in [2.75, 3.05) is 0 Å². The molecule has 110 valence electrons. The van der Waals surface area contributed by atoms with Crippen LogP contribution in [0.15, 0.2) is 73.3 Å². The van der Waals surface area contributed by atoms with Crippen molar-refractivity contribution in [3.63, 3.8) is 0 Å². The first-order valence-corrected chi connectivity index (χ1v) is 7.04. The SMILES string of the molecule is C=CC1(C)OC(=O)C(c2ccccc2)=C(c2ccccc2)O1. The lowest BCUT2D eigenvalue weighted by atomic mass is 9.99. The van der Waals surface area contributed by atoms with E-state index in [-0.39, 0.29) is 0 Å². The van der Waals surface area contributed by atoms with E-state index in [0.717, 1.165) is 11.1 Å². The lowest BCUT2D eigenvalue weighted by Gasteiger charge is -2.34. The lowest BCUT2D eigenvalue weighted by Crippen LogP contribution is -2.37. The van der Waals surface area contributed by atoms with Crippen LogP contribution >= 0.6 is 0 Å². The molecule has 1 unspecified atom stereocenters. The van der Waals surface area contributed by atoms with Gasteiger partial charge < -0.3 is 9.47 Å². The molecule has 0 saturated carbocycles. The Bertz CT molecular complexity index is 732. The number of rotatable bonds is 3. The molecule has 2 aromatic carbocycles. The van der Waals surface area contributed by atoms with E-state index in [1.807, 2.05) is 60.7 Å². The van der Waals surface area contributed by atoms with Crippen LogP contribution in [0.25, 0.3) is 11.3 Å². The maximum Gasteiger partial charge on any atom is 0.346 e. The summed E-state index contributed by atoms with van der Waals surface area (Å²) in [5, 5.41) is 0. The Morgan fingerprint density at radius 3 is 2.00 bits per heavy atom. The number of carbonyl (C=O) groups is 1. The summed E-state index contributed by atoms with van der Waals surface area (Å²) in [6, 6.07) is 18.9. The summed E-state index contributed by atoms with van der Waals surface area (Å²) < 4.78 is 11.4. The topological polar surface area (TPSA) is 35.5 Å². The number of cyclic esters (lactones) is 1. The normalized spacial score (nSPS) is 21.0. The van der Waals surface area contributed by atoms with Gasteiger partial charge in [-0.05, 0) is 11.6 Å². The minimum absolute atomic E-state index is 0.418. The van der Waals surface area contributed by atoms with Crippen molar-refractivity contribution in [2.45, 2.75) is 12.7 Å². The highest BCUT2D eigenvalue weighted by molar-refractivity contribution is 6.24. The van der Waals surface area contributed by atoms with Gasteiger partial charge in [-0.1, -0.05) is 67.2 Å². The van der Waals surface area contributed by atoms with E-state index in [1.165, 1.54) is 6.08 Å². The average Bonchev–Trinajstić information content (AvgIpc) is 2.56. The second-order valence-corrected chi connectivity index (χ2v) is 5.15. The standard InChI is InChI=1S/C19H16O3/c1-3-19(2)21-17(15-12-8-5-9-13-15)16(18(20)22-19)14-10-6-4-7-11-14/h3-13H,1H2,2H3. The zero-order valence-electron chi connectivity index (χ0n) is 12.3. The summed E-state index contributed by atoms with van der Waals surface area (Å²) in [6.07, 6.45) is 1.48. The van der Waals surface area contributed by atoms with Crippen LogP contribution in [0.2, 0.25) is 0 Å². The summed E-state index contributed by atoms with van der Waals surface area (Å²) in [5.41, 5.74) is 2.01. The van der Waals surface area contributed by atoms with Gasteiger partial charge in [0.2, 0.25) is 0 Å². The first-order valence-electron chi connectivity index (χ1n) is 7.04. The molecular weight excluding hydrogens is 276 g/mol. The molecule has 1 heterocycles. The summed E-state index contributed by atoms with van der Waals surface area (Å²) in [6.45, 7) is 5.36. The number of esters is 1. The molecule has 0 saturated heterocycles. The van der Waals surface area contributed by atoms with Gasteiger partial charge in [0.05, 0.1) is 0 Å². The Morgan fingerprint density at radius 2 is 1.45 bits per heavy atom. The molecule has 0 bridgehead atoms. The average molecular weight is 292 g/mol. The number of ether oxygens (including phenoxy) is 2. The smallest absolute Gasteiger partial charge is 0.346 e. The third-order valence-corrected chi connectivity index (χ3v) is 3.50. The van der Waals surface area contributed by atoms with Gasteiger partial charge >= 0.3 is 5.97 Å². The van der Waals surface area contributed by atoms with E-state index in [0.29, 0.717) is 11.3 Å². The lowest BCUT2D eigenvalue weighted by molar-refractivity contribution is -0.181. The van der Waals surface area contributed by atoms with E-state index < -0.39 is 11.8 Å². The van der Waals surface area contributed by atoms with Crippen molar-refractivity contribution in [1.29, 1.82) is 0 Å². The fourth-order valence-electron chi connectivity index (χ4n) is 2.33. The van der Waals surface area contributed by atoms with Crippen molar-refractivity contribution in [3.8, 4) is 0 Å². The monoisotopic (exact) mass is 292 g/mol. The number of hydrogen-bond acceptors (Lipinski definition) is 3. The van der Waals surface area contributed by atoms with E-state index >= 15 is 0 Å². The summed E-state index contributed by atoms with van der Waals surface area (Å²) in [4.78, 5) is 12.5. The van der Waals surface area contributed by atoms with Crippen LogP contribution in [0.1, 0.15) is 18.1 Å². The zero-order valence-corrected chi connectivity index (χ0v) is 12.3. The fraction of sp³-hybridized carbons (Fsp3) is 0.105. The van der Waals surface area contributed by atoms with Gasteiger partial charge in [-0.3, -0.25) is 0 Å². The molecule has 0 N–H and O–H groups in total. The van der Waals surface area contributed by atoms with Crippen LogP contribution in [-0.4, -0.2) is 11.8 Å². The molecule has 0 fully saturated rings. The Morgan fingerprint density at radius 1 is 0.909 bits per heavy atom. The molecular formula is C19H16O3. The molecule has 3 heteroatoms. The molecule has 0 amide bonds. The molecule has 0 aromatic heterocycles. The van der Waals surface area contributed by atoms with Crippen molar-refractivity contribution >= 4 is 17.3 Å². The zero-order chi connectivity index (χ0) is 15.6. The van der Waals surface area contributed by atoms with Gasteiger partial charge in [-0.2, -0.15) is 0 Å². The van der Waals surface area contributed by atoms with Crippen LogP contribution < -0.4 is 0 Å². The third kappa shape index (κ3) is 2.53. The Balaban J connectivity index is 2.22. The first-order chi connectivity index (χ1) is 10.6. The summed E-state index contributed by atoms with van der Waals surface area (Å²) in [7, 11) is 0. The highest BCUT2D eigenvalue weighted by atomic mass is 16.7. The van der Waals surface area contributed by atoms with Crippen LogP contribution in [0, 0.1) is 0 Å². The van der Waals surface area contributed by atoms with Crippen molar-refractivity contribution in [1.82, 2.24) is 0 Å². The minimum atomic E-state index is -1.17. The van der Waals surface area contributed by atoms with E-state index in [9.17, 15) is 4.79 Å². The highest BCUT2D eigenvalue weighted by Crippen LogP contribution is 2.38. The minimum Gasteiger partial charge on any atom is -0.447 e. The van der Waals surface area contributed by atoms with E-state index in [4.69, 9.17) is 9.47 Å². The van der Waals surface area contributed by atoms with Gasteiger partial charge in [0, 0.05) is 12.5 Å². The highest BCUT2D eigenvalue weighted by Gasteiger charge is 2.38. The largest absolute Gasteiger partial charge is 0.447 e. The molecule has 1 aliphatic heterocycles. The van der Waals surface area contributed by atoms with Gasteiger partial charge in [0.25, 0.3) is 5.79 Å². The number of hydrogen-bond donors (Lipinski definition) is 0. The molecule has 0 aliphatic carbocycles. The van der Waals surface area contributed by atoms with Crippen molar-refractivity contribution in [2.24, 2.45) is 0 Å². The number of benzene rings is 2. The second kappa shape index (κ2) is 5.53. The fourth-order valence-corrected chi connectivity index (χ4v) is 2.33. The van der Waals surface area contributed by atoms with Gasteiger partial charge in [-0.25, -0.2) is 4.79 Å². The van der Waals surface area contributed by atoms with Crippen LogP contribution in [-0.2, 0) is 14.3 Å². The molecule has 0 radical (unpaired) electrons. The van der Waals surface area contributed by atoms with Gasteiger partial charge in [0.15, 0.2) is 0 Å². The molecule has 3 nitrogen and oxygen atoms in total. The maximum absolute atomic E-state index is 12.5. The third-order valence-electron chi connectivity index (χ3n) is 3.50. The second-order valence-electron chi connectivity index (χ2n) is 5.15. The molecule has 2 aromatic rings. The van der Waals surface area contributed by atoms with Crippen LogP contribution in [0.5, 0.6) is 0 Å². The van der Waals surface area contributed by atoms with Crippen molar-refractivity contribution in [3.05, 3.63) is 84.4 Å². The first kappa shape index (κ1) is 14.1. The van der Waals surface area contributed by atoms with E-state index in [1.54, 1.807) is 6.92 Å². The van der Waals surface area contributed by atoms with Gasteiger partial charge in [-0.15, -0.1) is 0 Å². The Labute approximate surface area is 129 Å². The summed E-state index contributed by atoms with van der Waals surface area (Å²) >= 11 is 0. The Kier molecular flexibility index (Phi) is 3.55. The maximum atomic E-state index is 12.5. The molecule has 1 aliphatic rings. The summed E-state index contributed by atoms with van der Waals surface area (Å²) in [5.74, 6) is -1.08. The molecule has 3 rings (SSSR count). The molecule has 0 spiro atoms. The molecule has 1 atom stereocenters. The number of carbonyl (C=O) groups excluding carboxylic acids is 1. The van der Waals surface area contributed by atoms with Crippen LogP contribution in [0.4, 0.5) is 0 Å². The predicted octanol–water partition coefficient (Wildman–Crippen LogP) is 4.03. The van der Waals surface area contributed by atoms with Crippen LogP contribution in [0.3, 0.4) is 0 Å². The Hall–Kier alpha value is -2.81. The molecule has 22 heavy (non-hydrogen) atoms. The quantitative estimate of drug-likeness (QED) is 0.633. The van der Waals surface area contributed by atoms with E-state index in [2.05, 4.69) is 6.58 Å². The predicted molar refractivity (Wildman–Crippen MR) is 85.5 cm³/mol.